The van der Waals surface area contributed by atoms with Crippen LogP contribution in [0.3, 0.4) is 0 Å². The molecule has 4 nitrogen and oxygen atoms in total. The first-order valence-corrected chi connectivity index (χ1v) is 6.07. The summed E-state index contributed by atoms with van der Waals surface area (Å²) in [7, 11) is 0. The summed E-state index contributed by atoms with van der Waals surface area (Å²) in [5.41, 5.74) is 4.85. The third kappa shape index (κ3) is 3.32. The largest absolute Gasteiger partial charge is 0.388 e. The maximum Gasteiger partial charge on any atom is 0.111 e. The van der Waals surface area contributed by atoms with Crippen molar-refractivity contribution in [3.63, 3.8) is 0 Å². The Morgan fingerprint density at radius 1 is 1.44 bits per heavy atom. The lowest BCUT2D eigenvalue weighted by atomic mass is 9.94. The van der Waals surface area contributed by atoms with Gasteiger partial charge in [-0.15, -0.1) is 0 Å². The van der Waals surface area contributed by atoms with E-state index in [4.69, 9.17) is 5.73 Å². The van der Waals surface area contributed by atoms with Gasteiger partial charge in [-0.1, -0.05) is 20.3 Å². The van der Waals surface area contributed by atoms with Crippen molar-refractivity contribution in [3.05, 3.63) is 18.2 Å². The van der Waals surface area contributed by atoms with E-state index in [1.54, 1.807) is 6.20 Å². The molecule has 4 heteroatoms. The Kier molecular flexibility index (Phi) is 4.96. The summed E-state index contributed by atoms with van der Waals surface area (Å²) in [6.07, 6.45) is 7.02. The molecule has 16 heavy (non-hydrogen) atoms. The minimum Gasteiger partial charge on any atom is -0.388 e. The van der Waals surface area contributed by atoms with Gasteiger partial charge in [0.25, 0.3) is 0 Å². The van der Waals surface area contributed by atoms with E-state index in [1.807, 2.05) is 6.20 Å². The number of rotatable bonds is 7. The van der Waals surface area contributed by atoms with Gasteiger partial charge in [0.1, 0.15) is 5.82 Å². The minimum absolute atomic E-state index is 0.291. The number of imidazole rings is 1. The molecule has 1 heterocycles. The van der Waals surface area contributed by atoms with Crippen LogP contribution in [0.15, 0.2) is 12.4 Å². The van der Waals surface area contributed by atoms with Gasteiger partial charge in [0.05, 0.1) is 5.60 Å². The van der Waals surface area contributed by atoms with E-state index in [1.165, 1.54) is 0 Å². The fraction of sp³-hybridized carbons (Fsp3) is 0.750. The predicted octanol–water partition coefficient (Wildman–Crippen LogP) is 1.33. The zero-order valence-electron chi connectivity index (χ0n) is 10.3. The Morgan fingerprint density at radius 3 is 2.75 bits per heavy atom. The van der Waals surface area contributed by atoms with Crippen molar-refractivity contribution in [3.8, 4) is 0 Å². The second kappa shape index (κ2) is 6.01. The third-order valence-corrected chi connectivity index (χ3v) is 2.85. The van der Waals surface area contributed by atoms with E-state index in [0.717, 1.165) is 31.6 Å². The van der Waals surface area contributed by atoms with Gasteiger partial charge in [0.15, 0.2) is 0 Å². The molecule has 0 aromatic carbocycles. The summed E-state index contributed by atoms with van der Waals surface area (Å²) < 4.78 is 2.09. The van der Waals surface area contributed by atoms with E-state index in [-0.39, 0.29) is 0 Å². The van der Waals surface area contributed by atoms with E-state index in [2.05, 4.69) is 23.4 Å². The smallest absolute Gasteiger partial charge is 0.111 e. The van der Waals surface area contributed by atoms with Crippen molar-refractivity contribution >= 4 is 0 Å². The van der Waals surface area contributed by atoms with E-state index < -0.39 is 5.60 Å². The Morgan fingerprint density at radius 2 is 2.19 bits per heavy atom. The summed E-state index contributed by atoms with van der Waals surface area (Å²) >= 11 is 0. The maximum absolute atomic E-state index is 10.3. The van der Waals surface area contributed by atoms with Gasteiger partial charge in [-0.2, -0.15) is 0 Å². The van der Waals surface area contributed by atoms with Crippen LogP contribution >= 0.6 is 0 Å². The molecule has 0 aliphatic rings. The molecule has 0 amide bonds. The van der Waals surface area contributed by atoms with E-state index in [9.17, 15) is 5.11 Å². The Bertz CT molecular complexity index is 311. The number of hydrogen-bond donors (Lipinski definition) is 2. The van der Waals surface area contributed by atoms with Gasteiger partial charge in [0, 0.05) is 31.9 Å². The number of aliphatic hydroxyl groups is 1. The Balaban J connectivity index is 2.73. The van der Waals surface area contributed by atoms with Gasteiger partial charge < -0.3 is 15.4 Å². The molecule has 1 atom stereocenters. The molecule has 0 aliphatic heterocycles. The lowest BCUT2D eigenvalue weighted by molar-refractivity contribution is 0.0371. The summed E-state index contributed by atoms with van der Waals surface area (Å²) in [5.74, 6) is 0.934. The highest BCUT2D eigenvalue weighted by Crippen LogP contribution is 2.17. The maximum atomic E-state index is 10.3. The number of nitrogens with zero attached hydrogens (tertiary/aromatic N) is 2. The number of aromatic nitrogens is 2. The average molecular weight is 225 g/mol. The molecule has 0 saturated heterocycles. The highest BCUT2D eigenvalue weighted by molar-refractivity contribution is 4.99. The Labute approximate surface area is 97.5 Å². The van der Waals surface area contributed by atoms with Crippen LogP contribution in [0.1, 0.15) is 38.9 Å². The number of nitrogens with two attached hydrogens (primary N) is 1. The quantitative estimate of drug-likeness (QED) is 0.735. The van der Waals surface area contributed by atoms with Crippen molar-refractivity contribution < 1.29 is 5.11 Å². The molecule has 92 valence electrons. The molecule has 0 fully saturated rings. The molecule has 0 spiro atoms. The second-order valence-electron chi connectivity index (χ2n) is 4.39. The van der Waals surface area contributed by atoms with E-state index in [0.29, 0.717) is 13.0 Å². The molecule has 0 radical (unpaired) electrons. The van der Waals surface area contributed by atoms with Crippen LogP contribution < -0.4 is 5.73 Å². The first kappa shape index (κ1) is 13.2. The molecule has 1 aromatic rings. The predicted molar refractivity (Wildman–Crippen MR) is 65.1 cm³/mol. The van der Waals surface area contributed by atoms with Crippen molar-refractivity contribution in [2.45, 2.75) is 51.7 Å². The standard InChI is InChI=1S/C12H23N3O/c1-3-5-12(16,10-13)9-11-14-6-8-15(11)7-4-2/h6,8,16H,3-5,7,9-10,13H2,1-2H3. The molecular weight excluding hydrogens is 202 g/mol. The lowest BCUT2D eigenvalue weighted by Crippen LogP contribution is -2.40. The van der Waals surface area contributed by atoms with Crippen molar-refractivity contribution in [1.82, 2.24) is 9.55 Å². The van der Waals surface area contributed by atoms with Crippen LogP contribution in [-0.2, 0) is 13.0 Å². The number of hydrogen-bond acceptors (Lipinski definition) is 3. The van der Waals surface area contributed by atoms with Crippen LogP contribution in [0, 0.1) is 0 Å². The van der Waals surface area contributed by atoms with Crippen LogP contribution in [0.25, 0.3) is 0 Å². The molecule has 0 saturated carbocycles. The number of aryl methyl sites for hydroxylation is 1. The topological polar surface area (TPSA) is 64.1 Å². The highest BCUT2D eigenvalue weighted by Gasteiger charge is 2.26. The molecule has 1 aromatic heterocycles. The minimum atomic E-state index is -0.800. The zero-order valence-corrected chi connectivity index (χ0v) is 10.3. The summed E-state index contributed by atoms with van der Waals surface area (Å²) in [5, 5.41) is 10.3. The van der Waals surface area contributed by atoms with Crippen LogP contribution in [-0.4, -0.2) is 26.8 Å². The molecule has 0 bridgehead atoms. The van der Waals surface area contributed by atoms with Gasteiger partial charge in [-0.3, -0.25) is 0 Å². The van der Waals surface area contributed by atoms with Crippen LogP contribution in [0.4, 0.5) is 0 Å². The summed E-state index contributed by atoms with van der Waals surface area (Å²) in [6, 6.07) is 0. The van der Waals surface area contributed by atoms with Crippen molar-refractivity contribution in [2.24, 2.45) is 5.73 Å². The SMILES string of the molecule is CCCn1ccnc1CC(O)(CN)CCC. The molecule has 0 aliphatic carbocycles. The second-order valence-corrected chi connectivity index (χ2v) is 4.39. The monoisotopic (exact) mass is 225 g/mol. The fourth-order valence-electron chi connectivity index (χ4n) is 1.97. The first-order chi connectivity index (χ1) is 7.65. The van der Waals surface area contributed by atoms with Crippen molar-refractivity contribution in [2.75, 3.05) is 6.54 Å². The van der Waals surface area contributed by atoms with E-state index >= 15 is 0 Å². The Hall–Kier alpha value is -0.870. The summed E-state index contributed by atoms with van der Waals surface area (Å²) in [6.45, 7) is 5.42. The molecule has 3 N–H and O–H groups in total. The first-order valence-electron chi connectivity index (χ1n) is 6.07. The van der Waals surface area contributed by atoms with Gasteiger partial charge in [0.2, 0.25) is 0 Å². The van der Waals surface area contributed by atoms with Gasteiger partial charge >= 0.3 is 0 Å². The molecular formula is C12H23N3O. The molecule has 1 rings (SSSR count). The fourth-order valence-corrected chi connectivity index (χ4v) is 1.97. The average Bonchev–Trinajstić information content (AvgIpc) is 2.67. The van der Waals surface area contributed by atoms with Gasteiger partial charge in [-0.05, 0) is 12.8 Å². The van der Waals surface area contributed by atoms with Crippen LogP contribution in [0.2, 0.25) is 0 Å². The van der Waals surface area contributed by atoms with Crippen molar-refractivity contribution in [1.29, 1.82) is 0 Å². The summed E-state index contributed by atoms with van der Waals surface area (Å²) in [4.78, 5) is 4.30. The van der Waals surface area contributed by atoms with Gasteiger partial charge in [-0.25, -0.2) is 4.98 Å². The zero-order chi connectivity index (χ0) is 12.0. The third-order valence-electron chi connectivity index (χ3n) is 2.85. The molecule has 1 unspecified atom stereocenters. The van der Waals surface area contributed by atoms with Crippen LogP contribution in [0.5, 0.6) is 0 Å². The highest BCUT2D eigenvalue weighted by atomic mass is 16.3. The lowest BCUT2D eigenvalue weighted by Gasteiger charge is -2.26. The normalized spacial score (nSPS) is 15.0.